The van der Waals surface area contributed by atoms with Crippen LogP contribution in [0.25, 0.3) is 10.8 Å². The molecule has 4 heteroatoms. The Balaban J connectivity index is 2.32. The van der Waals surface area contributed by atoms with E-state index in [1.165, 1.54) is 6.92 Å². The minimum Gasteiger partial charge on any atom is -0.461 e. The first-order valence-electron chi connectivity index (χ1n) is 5.42. The van der Waals surface area contributed by atoms with Gasteiger partial charge in [0.2, 0.25) is 0 Å². The largest absolute Gasteiger partial charge is 0.461 e. The summed E-state index contributed by atoms with van der Waals surface area (Å²) in [7, 11) is 0. The first-order chi connectivity index (χ1) is 8.56. The zero-order valence-corrected chi connectivity index (χ0v) is 10.5. The van der Waals surface area contributed by atoms with Gasteiger partial charge < -0.3 is 4.74 Å². The van der Waals surface area contributed by atoms with E-state index in [0.717, 1.165) is 16.3 Å². The summed E-state index contributed by atoms with van der Waals surface area (Å²) in [6.07, 6.45) is 0. The van der Waals surface area contributed by atoms with Gasteiger partial charge in [0.05, 0.1) is 0 Å². The number of esters is 1. The lowest BCUT2D eigenvalue weighted by Crippen LogP contribution is -1.98. The molecule has 0 heterocycles. The highest BCUT2D eigenvalue weighted by molar-refractivity contribution is 6.67. The SMILES string of the molecule is CC(=O)OCc1ccc2cc(C(=O)Cl)ccc2c1. The van der Waals surface area contributed by atoms with Gasteiger partial charge in [-0.15, -0.1) is 0 Å². The van der Waals surface area contributed by atoms with Crippen molar-refractivity contribution < 1.29 is 14.3 Å². The molecule has 0 aliphatic heterocycles. The number of hydrogen-bond acceptors (Lipinski definition) is 3. The monoisotopic (exact) mass is 262 g/mol. The highest BCUT2D eigenvalue weighted by atomic mass is 35.5. The molecule has 0 aromatic heterocycles. The summed E-state index contributed by atoms with van der Waals surface area (Å²) in [6.45, 7) is 1.63. The third-order valence-electron chi connectivity index (χ3n) is 2.57. The molecule has 0 aliphatic carbocycles. The van der Waals surface area contributed by atoms with Crippen molar-refractivity contribution in [1.29, 1.82) is 0 Å². The van der Waals surface area contributed by atoms with Crippen LogP contribution < -0.4 is 0 Å². The van der Waals surface area contributed by atoms with Crippen molar-refractivity contribution in [2.75, 3.05) is 0 Å². The molecule has 0 saturated carbocycles. The fourth-order valence-corrected chi connectivity index (χ4v) is 1.81. The zero-order chi connectivity index (χ0) is 13.1. The van der Waals surface area contributed by atoms with E-state index in [4.69, 9.17) is 16.3 Å². The predicted molar refractivity (Wildman–Crippen MR) is 69.6 cm³/mol. The molecular formula is C14H11ClO3. The van der Waals surface area contributed by atoms with Crippen LogP contribution in [0.1, 0.15) is 22.8 Å². The molecule has 0 bridgehead atoms. The predicted octanol–water partition coefficient (Wildman–Crippen LogP) is 3.28. The van der Waals surface area contributed by atoms with E-state index in [2.05, 4.69) is 0 Å². The number of fused-ring (bicyclic) bond motifs is 1. The van der Waals surface area contributed by atoms with Gasteiger partial charge in [0, 0.05) is 12.5 Å². The number of hydrogen-bond donors (Lipinski definition) is 0. The molecule has 3 nitrogen and oxygen atoms in total. The molecular weight excluding hydrogens is 252 g/mol. The van der Waals surface area contributed by atoms with Crippen LogP contribution in [0.3, 0.4) is 0 Å². The lowest BCUT2D eigenvalue weighted by Gasteiger charge is -2.05. The van der Waals surface area contributed by atoms with Crippen LogP contribution in [0, 0.1) is 0 Å². The zero-order valence-electron chi connectivity index (χ0n) is 9.77. The van der Waals surface area contributed by atoms with Crippen molar-refractivity contribution in [3.8, 4) is 0 Å². The van der Waals surface area contributed by atoms with E-state index in [1.54, 1.807) is 12.1 Å². The van der Waals surface area contributed by atoms with E-state index in [1.807, 2.05) is 24.3 Å². The molecule has 0 N–H and O–H groups in total. The maximum absolute atomic E-state index is 11.0. The first-order valence-corrected chi connectivity index (χ1v) is 5.80. The van der Waals surface area contributed by atoms with Crippen LogP contribution in [0.5, 0.6) is 0 Å². The van der Waals surface area contributed by atoms with Crippen molar-refractivity contribution in [2.45, 2.75) is 13.5 Å². The quantitative estimate of drug-likeness (QED) is 0.630. The molecule has 92 valence electrons. The Kier molecular flexibility index (Phi) is 3.63. The molecule has 0 fully saturated rings. The van der Waals surface area contributed by atoms with Gasteiger partial charge >= 0.3 is 5.97 Å². The standard InChI is InChI=1S/C14H11ClO3/c1-9(16)18-8-10-2-3-12-7-13(14(15)17)5-4-11(12)6-10/h2-7H,8H2,1H3. The fourth-order valence-electron chi connectivity index (χ4n) is 1.69. The summed E-state index contributed by atoms with van der Waals surface area (Å²) in [5, 5.41) is 1.43. The van der Waals surface area contributed by atoms with Crippen molar-refractivity contribution in [3.63, 3.8) is 0 Å². The van der Waals surface area contributed by atoms with E-state index in [0.29, 0.717) is 5.56 Å². The number of carbonyl (C=O) groups is 2. The second-order valence-corrected chi connectivity index (χ2v) is 4.29. The van der Waals surface area contributed by atoms with Crippen LogP contribution in [0.15, 0.2) is 36.4 Å². The van der Waals surface area contributed by atoms with Crippen molar-refractivity contribution >= 4 is 33.6 Å². The molecule has 0 aliphatic rings. The van der Waals surface area contributed by atoms with E-state index in [-0.39, 0.29) is 12.6 Å². The maximum atomic E-state index is 11.0. The third-order valence-corrected chi connectivity index (χ3v) is 2.79. The van der Waals surface area contributed by atoms with Crippen molar-refractivity contribution in [1.82, 2.24) is 0 Å². The smallest absolute Gasteiger partial charge is 0.302 e. The topological polar surface area (TPSA) is 43.4 Å². The van der Waals surface area contributed by atoms with Crippen LogP contribution in [-0.4, -0.2) is 11.2 Å². The second-order valence-electron chi connectivity index (χ2n) is 3.95. The summed E-state index contributed by atoms with van der Waals surface area (Å²) in [5.41, 5.74) is 1.37. The Hall–Kier alpha value is -1.87. The van der Waals surface area contributed by atoms with Gasteiger partial charge in [-0.3, -0.25) is 9.59 Å². The van der Waals surface area contributed by atoms with Gasteiger partial charge in [0.25, 0.3) is 5.24 Å². The summed E-state index contributed by atoms with van der Waals surface area (Å²) in [6, 6.07) is 10.9. The van der Waals surface area contributed by atoms with Crippen LogP contribution >= 0.6 is 11.6 Å². The normalized spacial score (nSPS) is 10.3. The third kappa shape index (κ3) is 2.87. The molecule has 0 amide bonds. The first kappa shape index (κ1) is 12.6. The van der Waals surface area contributed by atoms with Gasteiger partial charge in [0.1, 0.15) is 6.61 Å². The lowest BCUT2D eigenvalue weighted by atomic mass is 10.0. The van der Waals surface area contributed by atoms with Crippen molar-refractivity contribution in [2.24, 2.45) is 0 Å². The van der Waals surface area contributed by atoms with Gasteiger partial charge in [0.15, 0.2) is 0 Å². The van der Waals surface area contributed by atoms with E-state index < -0.39 is 5.24 Å². The number of halogens is 1. The number of rotatable bonds is 3. The molecule has 0 unspecified atom stereocenters. The molecule has 0 radical (unpaired) electrons. The number of ether oxygens (including phenoxy) is 1. The molecule has 18 heavy (non-hydrogen) atoms. The van der Waals surface area contributed by atoms with Gasteiger partial charge in [-0.05, 0) is 46.1 Å². The van der Waals surface area contributed by atoms with Gasteiger partial charge in [-0.1, -0.05) is 18.2 Å². The molecule has 2 rings (SSSR count). The Bertz CT molecular complexity index is 619. The van der Waals surface area contributed by atoms with Crippen LogP contribution in [0.4, 0.5) is 0 Å². The summed E-state index contributed by atoms with van der Waals surface area (Å²) < 4.78 is 4.92. The highest BCUT2D eigenvalue weighted by Gasteiger charge is 2.04. The Morgan fingerprint density at radius 2 is 1.78 bits per heavy atom. The van der Waals surface area contributed by atoms with Gasteiger partial charge in [-0.2, -0.15) is 0 Å². The van der Waals surface area contributed by atoms with E-state index >= 15 is 0 Å². The Morgan fingerprint density at radius 1 is 1.11 bits per heavy atom. The maximum Gasteiger partial charge on any atom is 0.302 e. The minimum atomic E-state index is -0.471. The van der Waals surface area contributed by atoms with Crippen LogP contribution in [0.2, 0.25) is 0 Å². The average Bonchev–Trinajstić information content (AvgIpc) is 2.35. The minimum absolute atomic E-state index is 0.251. The van der Waals surface area contributed by atoms with Crippen molar-refractivity contribution in [3.05, 3.63) is 47.5 Å². The molecule has 2 aromatic carbocycles. The average molecular weight is 263 g/mol. The Morgan fingerprint density at radius 3 is 2.44 bits per heavy atom. The lowest BCUT2D eigenvalue weighted by molar-refractivity contribution is -0.142. The number of carbonyl (C=O) groups excluding carboxylic acids is 2. The molecule has 2 aromatic rings. The number of benzene rings is 2. The summed E-state index contributed by atoms with van der Waals surface area (Å²) >= 11 is 5.42. The summed E-state index contributed by atoms with van der Waals surface area (Å²) in [4.78, 5) is 21.8. The molecule has 0 atom stereocenters. The fraction of sp³-hybridized carbons (Fsp3) is 0.143. The van der Waals surface area contributed by atoms with Gasteiger partial charge in [-0.25, -0.2) is 0 Å². The molecule has 0 saturated heterocycles. The highest BCUT2D eigenvalue weighted by Crippen LogP contribution is 2.19. The van der Waals surface area contributed by atoms with Crippen LogP contribution in [-0.2, 0) is 16.1 Å². The summed E-state index contributed by atoms with van der Waals surface area (Å²) in [5.74, 6) is -0.307. The van der Waals surface area contributed by atoms with E-state index in [9.17, 15) is 9.59 Å². The Labute approximate surface area is 109 Å². The second kappa shape index (κ2) is 5.19. The molecule has 0 spiro atoms.